The molecule has 7 heteroatoms. The lowest BCUT2D eigenvalue weighted by Crippen LogP contribution is -2.35. The van der Waals surface area contributed by atoms with Gasteiger partial charge in [-0.3, -0.25) is 4.31 Å². The molecule has 0 bridgehead atoms. The van der Waals surface area contributed by atoms with E-state index < -0.39 is 22.1 Å². The topological polar surface area (TPSA) is 87.5 Å². The number of nitriles is 1. The summed E-state index contributed by atoms with van der Waals surface area (Å²) in [6.45, 7) is 1.84. The number of para-hydroxylation sites is 1. The van der Waals surface area contributed by atoms with E-state index in [0.29, 0.717) is 12.2 Å². The first-order valence-corrected chi connectivity index (χ1v) is 9.69. The number of fused-ring (bicyclic) bond motifs is 1. The van der Waals surface area contributed by atoms with Crippen molar-refractivity contribution in [3.05, 3.63) is 59.7 Å². The molecule has 0 aliphatic carbocycles. The van der Waals surface area contributed by atoms with Gasteiger partial charge in [0.05, 0.1) is 16.1 Å². The van der Waals surface area contributed by atoms with Gasteiger partial charge in [0.1, 0.15) is 6.07 Å². The summed E-state index contributed by atoms with van der Waals surface area (Å²) in [5.74, 6) is -0.727. The van der Waals surface area contributed by atoms with Crippen molar-refractivity contribution in [2.45, 2.75) is 30.8 Å². The number of carbonyl (C=O) groups is 1. The minimum atomic E-state index is -3.80. The van der Waals surface area contributed by atoms with Crippen molar-refractivity contribution in [1.82, 2.24) is 0 Å². The minimum absolute atomic E-state index is 0.0215. The molecule has 0 N–H and O–H groups in total. The van der Waals surface area contributed by atoms with E-state index in [1.54, 1.807) is 12.1 Å². The number of sulfonamides is 1. The summed E-state index contributed by atoms with van der Waals surface area (Å²) in [5, 5.41) is 8.75. The molecular formula is C19H18N2O4S. The second-order valence-electron chi connectivity index (χ2n) is 6.01. The molecule has 0 fully saturated rings. The van der Waals surface area contributed by atoms with E-state index in [1.165, 1.54) is 35.5 Å². The maximum atomic E-state index is 13.1. The Morgan fingerprint density at radius 1 is 1.23 bits per heavy atom. The number of carbonyl (C=O) groups excluding carboxylic acids is 1. The number of esters is 1. The van der Waals surface area contributed by atoms with Crippen molar-refractivity contribution in [2.24, 2.45) is 0 Å². The van der Waals surface area contributed by atoms with Crippen LogP contribution in [-0.2, 0) is 21.2 Å². The molecule has 1 aliphatic rings. The highest BCUT2D eigenvalue weighted by atomic mass is 32.2. The quantitative estimate of drug-likeness (QED) is 0.772. The van der Waals surface area contributed by atoms with Crippen molar-refractivity contribution in [2.75, 3.05) is 10.8 Å². The van der Waals surface area contributed by atoms with Crippen molar-refractivity contribution in [3.8, 4) is 6.07 Å². The molecule has 1 atom stereocenters. The normalized spacial score (nSPS) is 14.8. The van der Waals surface area contributed by atoms with E-state index >= 15 is 0 Å². The summed E-state index contributed by atoms with van der Waals surface area (Å²) in [4.78, 5) is 12.1. The first kappa shape index (κ1) is 18.0. The van der Waals surface area contributed by atoms with Crippen LogP contribution < -0.4 is 4.31 Å². The lowest BCUT2D eigenvalue weighted by molar-refractivity contribution is 0.0435. The van der Waals surface area contributed by atoms with Crippen LogP contribution in [0.1, 0.15) is 29.3 Å². The van der Waals surface area contributed by atoms with Gasteiger partial charge in [0.15, 0.2) is 6.10 Å². The highest BCUT2D eigenvalue weighted by Crippen LogP contribution is 2.31. The second kappa shape index (κ2) is 7.18. The SMILES string of the molecule is C[C@@H](C#N)OC(=O)c1cccc(S(=O)(=O)N2CCCc3ccccc32)c1. The predicted octanol–water partition coefficient (Wildman–Crippen LogP) is 2.90. The van der Waals surface area contributed by atoms with Gasteiger partial charge in [-0.15, -0.1) is 0 Å². The van der Waals surface area contributed by atoms with Crippen LogP contribution in [0.25, 0.3) is 0 Å². The van der Waals surface area contributed by atoms with Crippen LogP contribution in [0, 0.1) is 11.3 Å². The molecule has 0 radical (unpaired) electrons. The molecule has 6 nitrogen and oxygen atoms in total. The number of rotatable bonds is 4. The second-order valence-corrected chi connectivity index (χ2v) is 7.88. The molecule has 3 rings (SSSR count). The Balaban J connectivity index is 1.96. The van der Waals surface area contributed by atoms with Gasteiger partial charge < -0.3 is 4.74 Å². The Morgan fingerprint density at radius 3 is 2.77 bits per heavy atom. The number of aryl methyl sites for hydroxylation is 1. The third-order valence-corrected chi connectivity index (χ3v) is 6.00. The van der Waals surface area contributed by atoms with Crippen LogP contribution in [0.15, 0.2) is 53.4 Å². The van der Waals surface area contributed by atoms with E-state index in [2.05, 4.69) is 0 Å². The Hall–Kier alpha value is -2.85. The minimum Gasteiger partial charge on any atom is -0.444 e. The van der Waals surface area contributed by atoms with Crippen molar-refractivity contribution in [1.29, 1.82) is 5.26 Å². The van der Waals surface area contributed by atoms with Crippen LogP contribution in [-0.4, -0.2) is 27.0 Å². The molecule has 0 saturated carbocycles. The zero-order valence-corrected chi connectivity index (χ0v) is 15.1. The molecule has 1 aliphatic heterocycles. The van der Waals surface area contributed by atoms with Crippen molar-refractivity contribution >= 4 is 21.7 Å². The highest BCUT2D eigenvalue weighted by molar-refractivity contribution is 7.92. The summed E-state index contributed by atoms with van der Waals surface area (Å²) in [5.41, 5.74) is 1.75. The standard InChI is InChI=1S/C19H18N2O4S/c1-14(13-20)25-19(22)16-7-4-9-17(12-16)26(23,24)21-11-5-8-15-6-2-3-10-18(15)21/h2-4,6-7,9-10,12,14H,5,8,11H2,1H3/t14-/m0/s1. The van der Waals surface area contributed by atoms with Crippen LogP contribution >= 0.6 is 0 Å². The van der Waals surface area contributed by atoms with Gasteiger partial charge in [0.25, 0.3) is 10.0 Å². The fourth-order valence-corrected chi connectivity index (χ4v) is 4.50. The first-order chi connectivity index (χ1) is 12.4. The summed E-state index contributed by atoms with van der Waals surface area (Å²) >= 11 is 0. The Morgan fingerprint density at radius 2 is 2.00 bits per heavy atom. The Labute approximate surface area is 152 Å². The molecule has 26 heavy (non-hydrogen) atoms. The van der Waals surface area contributed by atoms with Crippen LogP contribution in [0.2, 0.25) is 0 Å². The van der Waals surface area contributed by atoms with Gasteiger partial charge in [-0.2, -0.15) is 5.26 Å². The third kappa shape index (κ3) is 3.41. The van der Waals surface area contributed by atoms with Gasteiger partial charge in [0.2, 0.25) is 0 Å². The molecule has 2 aromatic carbocycles. The molecule has 0 amide bonds. The summed E-state index contributed by atoms with van der Waals surface area (Å²) in [7, 11) is -3.80. The highest BCUT2D eigenvalue weighted by Gasteiger charge is 2.29. The fraction of sp³-hybridized carbons (Fsp3) is 0.263. The third-order valence-electron chi connectivity index (χ3n) is 4.19. The van der Waals surface area contributed by atoms with Crippen LogP contribution in [0.5, 0.6) is 0 Å². The van der Waals surface area contributed by atoms with E-state index in [0.717, 1.165) is 18.4 Å². The maximum Gasteiger partial charge on any atom is 0.339 e. The van der Waals surface area contributed by atoms with E-state index in [4.69, 9.17) is 10.00 Å². The lowest BCUT2D eigenvalue weighted by Gasteiger charge is -2.30. The zero-order valence-electron chi connectivity index (χ0n) is 14.3. The summed E-state index contributed by atoms with van der Waals surface area (Å²) < 4.78 is 32.6. The number of hydrogen-bond donors (Lipinski definition) is 0. The van der Waals surface area contributed by atoms with Gasteiger partial charge in [0, 0.05) is 6.54 Å². The van der Waals surface area contributed by atoms with Gasteiger partial charge in [-0.05, 0) is 49.6 Å². The molecule has 0 spiro atoms. The average molecular weight is 370 g/mol. The number of ether oxygens (including phenoxy) is 1. The maximum absolute atomic E-state index is 13.1. The Kier molecular flexibility index (Phi) is 4.96. The Bertz CT molecular complexity index is 979. The van der Waals surface area contributed by atoms with E-state index in [9.17, 15) is 13.2 Å². The van der Waals surface area contributed by atoms with Gasteiger partial charge >= 0.3 is 5.97 Å². The molecule has 1 heterocycles. The van der Waals surface area contributed by atoms with Gasteiger partial charge in [-0.25, -0.2) is 13.2 Å². The number of anilines is 1. The number of benzene rings is 2. The van der Waals surface area contributed by atoms with Gasteiger partial charge in [-0.1, -0.05) is 24.3 Å². The number of nitrogens with zero attached hydrogens (tertiary/aromatic N) is 2. The molecule has 134 valence electrons. The molecule has 0 unspecified atom stereocenters. The zero-order chi connectivity index (χ0) is 18.7. The largest absolute Gasteiger partial charge is 0.444 e. The summed E-state index contributed by atoms with van der Waals surface area (Å²) in [6, 6.07) is 14.9. The monoisotopic (exact) mass is 370 g/mol. The van der Waals surface area contributed by atoms with Crippen LogP contribution in [0.3, 0.4) is 0 Å². The molecule has 0 saturated heterocycles. The fourth-order valence-electron chi connectivity index (χ4n) is 2.91. The lowest BCUT2D eigenvalue weighted by atomic mass is 10.0. The summed E-state index contributed by atoms with van der Waals surface area (Å²) in [6.07, 6.45) is 0.662. The van der Waals surface area contributed by atoms with Crippen LogP contribution in [0.4, 0.5) is 5.69 Å². The number of hydrogen-bond acceptors (Lipinski definition) is 5. The van der Waals surface area contributed by atoms with E-state index in [-0.39, 0.29) is 10.5 Å². The molecule has 0 aromatic heterocycles. The first-order valence-electron chi connectivity index (χ1n) is 8.25. The van der Waals surface area contributed by atoms with Crippen molar-refractivity contribution in [3.63, 3.8) is 0 Å². The smallest absolute Gasteiger partial charge is 0.339 e. The average Bonchev–Trinajstić information content (AvgIpc) is 2.67. The molecule has 2 aromatic rings. The predicted molar refractivity (Wildman–Crippen MR) is 96.2 cm³/mol. The van der Waals surface area contributed by atoms with E-state index in [1.807, 2.05) is 18.2 Å². The van der Waals surface area contributed by atoms with Crippen molar-refractivity contribution < 1.29 is 17.9 Å². The molecular weight excluding hydrogens is 352 g/mol.